The highest BCUT2D eigenvalue weighted by atomic mass is 19.1. The van der Waals surface area contributed by atoms with Gasteiger partial charge in [0.15, 0.2) is 11.5 Å². The molecule has 2 aromatic carbocycles. The van der Waals surface area contributed by atoms with Crippen LogP contribution in [0.5, 0.6) is 11.5 Å². The summed E-state index contributed by atoms with van der Waals surface area (Å²) in [5, 5.41) is 5.17. The first-order chi connectivity index (χ1) is 14.3. The lowest BCUT2D eigenvalue weighted by molar-refractivity contribution is -0.134. The van der Waals surface area contributed by atoms with Crippen LogP contribution in [0, 0.1) is 5.82 Å². The quantitative estimate of drug-likeness (QED) is 0.506. The Balaban J connectivity index is 1.53. The number of carbonyl (C=O) groups is 3. The number of hydrogen-bond acceptors (Lipinski definition) is 5. The SMILES string of the molecule is COc1ccccc1OCCNC(=O)CN1C(=O)NC(C)(c2ccc(F)cc2)C1=O. The van der Waals surface area contributed by atoms with Crippen molar-refractivity contribution in [3.63, 3.8) is 0 Å². The molecule has 1 heterocycles. The molecule has 1 atom stereocenters. The Hall–Kier alpha value is -3.62. The molecule has 0 radical (unpaired) electrons. The maximum absolute atomic E-state index is 13.2. The summed E-state index contributed by atoms with van der Waals surface area (Å²) in [6.07, 6.45) is 0. The molecule has 1 aliphatic rings. The molecule has 158 valence electrons. The third-order valence-electron chi connectivity index (χ3n) is 4.75. The van der Waals surface area contributed by atoms with Gasteiger partial charge in [-0.05, 0) is 36.8 Å². The number of methoxy groups -OCH3 is 1. The van der Waals surface area contributed by atoms with Crippen molar-refractivity contribution in [2.45, 2.75) is 12.5 Å². The molecule has 2 aromatic rings. The fourth-order valence-electron chi connectivity index (χ4n) is 3.11. The average Bonchev–Trinajstić information content (AvgIpc) is 2.95. The lowest BCUT2D eigenvalue weighted by Gasteiger charge is -2.22. The zero-order valence-electron chi connectivity index (χ0n) is 16.6. The Morgan fingerprint density at radius 2 is 1.80 bits per heavy atom. The van der Waals surface area contributed by atoms with Crippen LogP contribution in [0.25, 0.3) is 0 Å². The predicted octanol–water partition coefficient (Wildman–Crippen LogP) is 1.80. The van der Waals surface area contributed by atoms with Crippen molar-refractivity contribution in [3.05, 3.63) is 59.9 Å². The van der Waals surface area contributed by atoms with Gasteiger partial charge in [0.2, 0.25) is 5.91 Å². The Morgan fingerprint density at radius 1 is 1.13 bits per heavy atom. The monoisotopic (exact) mass is 415 g/mol. The molecule has 30 heavy (non-hydrogen) atoms. The van der Waals surface area contributed by atoms with Crippen LogP contribution in [0.1, 0.15) is 12.5 Å². The molecule has 0 bridgehead atoms. The van der Waals surface area contributed by atoms with Gasteiger partial charge in [0.1, 0.15) is 24.5 Å². The summed E-state index contributed by atoms with van der Waals surface area (Å²) >= 11 is 0. The fourth-order valence-corrected chi connectivity index (χ4v) is 3.11. The third kappa shape index (κ3) is 4.35. The Bertz CT molecular complexity index is 950. The standard InChI is InChI=1S/C21H22FN3O5/c1-21(14-7-9-15(22)10-8-14)19(27)25(20(28)24-21)13-18(26)23-11-12-30-17-6-4-3-5-16(17)29-2/h3-10H,11-13H2,1-2H3,(H,23,26)(H,24,28). The first-order valence-electron chi connectivity index (χ1n) is 9.28. The van der Waals surface area contributed by atoms with E-state index in [1.165, 1.54) is 38.3 Å². The van der Waals surface area contributed by atoms with Gasteiger partial charge in [-0.15, -0.1) is 0 Å². The van der Waals surface area contributed by atoms with Crippen molar-refractivity contribution in [2.75, 3.05) is 26.8 Å². The molecule has 2 N–H and O–H groups in total. The molecule has 1 unspecified atom stereocenters. The van der Waals surface area contributed by atoms with E-state index in [4.69, 9.17) is 9.47 Å². The summed E-state index contributed by atoms with van der Waals surface area (Å²) in [5.41, 5.74) is -0.937. The second kappa shape index (κ2) is 8.81. The first kappa shape index (κ1) is 21.1. The highest BCUT2D eigenvalue weighted by molar-refractivity contribution is 6.09. The Kier molecular flexibility index (Phi) is 6.20. The number of para-hydroxylation sites is 2. The van der Waals surface area contributed by atoms with E-state index in [2.05, 4.69) is 10.6 Å². The highest BCUT2D eigenvalue weighted by Gasteiger charge is 2.49. The van der Waals surface area contributed by atoms with Gasteiger partial charge in [-0.2, -0.15) is 0 Å². The first-order valence-corrected chi connectivity index (χ1v) is 9.28. The van der Waals surface area contributed by atoms with Crippen molar-refractivity contribution in [1.29, 1.82) is 0 Å². The lowest BCUT2D eigenvalue weighted by atomic mass is 9.92. The van der Waals surface area contributed by atoms with Gasteiger partial charge < -0.3 is 20.1 Å². The average molecular weight is 415 g/mol. The molecule has 0 saturated carbocycles. The summed E-state index contributed by atoms with van der Waals surface area (Å²) in [6, 6.07) is 11.7. The summed E-state index contributed by atoms with van der Waals surface area (Å²) in [7, 11) is 1.53. The molecule has 8 nitrogen and oxygen atoms in total. The minimum Gasteiger partial charge on any atom is -0.493 e. The minimum atomic E-state index is -1.36. The summed E-state index contributed by atoms with van der Waals surface area (Å²) in [5.74, 6) is -0.433. The maximum atomic E-state index is 13.2. The number of ether oxygens (including phenoxy) is 2. The van der Waals surface area contributed by atoms with Crippen LogP contribution in [0.3, 0.4) is 0 Å². The molecule has 3 rings (SSSR count). The number of nitrogens with zero attached hydrogens (tertiary/aromatic N) is 1. The van der Waals surface area contributed by atoms with Crippen molar-refractivity contribution >= 4 is 17.8 Å². The normalized spacial score (nSPS) is 18.2. The number of amides is 4. The molecule has 4 amide bonds. The summed E-state index contributed by atoms with van der Waals surface area (Å²) < 4.78 is 23.9. The van der Waals surface area contributed by atoms with Crippen molar-refractivity contribution < 1.29 is 28.2 Å². The van der Waals surface area contributed by atoms with E-state index in [-0.39, 0.29) is 13.2 Å². The van der Waals surface area contributed by atoms with Crippen LogP contribution in [0.15, 0.2) is 48.5 Å². The van der Waals surface area contributed by atoms with E-state index in [9.17, 15) is 18.8 Å². The summed E-state index contributed by atoms with van der Waals surface area (Å²) in [6.45, 7) is 1.44. The van der Waals surface area contributed by atoms with Gasteiger partial charge in [0.05, 0.1) is 13.7 Å². The molecule has 9 heteroatoms. The molecule has 1 saturated heterocycles. The van der Waals surface area contributed by atoms with Crippen molar-refractivity contribution in [3.8, 4) is 11.5 Å². The molecule has 0 spiro atoms. The predicted molar refractivity (Wildman–Crippen MR) is 105 cm³/mol. The number of hydrogen-bond donors (Lipinski definition) is 2. The van der Waals surface area contributed by atoms with Gasteiger partial charge in [-0.25, -0.2) is 9.18 Å². The van der Waals surface area contributed by atoms with Crippen LogP contribution >= 0.6 is 0 Å². The largest absolute Gasteiger partial charge is 0.493 e. The van der Waals surface area contributed by atoms with Crippen LogP contribution < -0.4 is 20.1 Å². The number of benzene rings is 2. The van der Waals surface area contributed by atoms with E-state index < -0.39 is 35.7 Å². The molecular formula is C21H22FN3O5. The highest BCUT2D eigenvalue weighted by Crippen LogP contribution is 2.29. The Morgan fingerprint density at radius 3 is 2.47 bits per heavy atom. The zero-order chi connectivity index (χ0) is 21.7. The number of urea groups is 1. The number of halogens is 1. The number of nitrogens with one attached hydrogen (secondary N) is 2. The van der Waals surface area contributed by atoms with Gasteiger partial charge in [-0.3, -0.25) is 14.5 Å². The van der Waals surface area contributed by atoms with Gasteiger partial charge in [0, 0.05) is 0 Å². The minimum absolute atomic E-state index is 0.176. The van der Waals surface area contributed by atoms with Gasteiger partial charge in [-0.1, -0.05) is 24.3 Å². The number of imide groups is 1. The molecule has 1 fully saturated rings. The molecule has 0 aromatic heterocycles. The van der Waals surface area contributed by atoms with Crippen LogP contribution in [-0.2, 0) is 15.1 Å². The van der Waals surface area contributed by atoms with Crippen LogP contribution in [0.2, 0.25) is 0 Å². The maximum Gasteiger partial charge on any atom is 0.325 e. The molecular weight excluding hydrogens is 393 g/mol. The number of carbonyl (C=O) groups excluding carboxylic acids is 3. The Labute approximate surface area is 173 Å². The van der Waals surface area contributed by atoms with Crippen LogP contribution in [0.4, 0.5) is 9.18 Å². The molecule has 1 aliphatic heterocycles. The topological polar surface area (TPSA) is 97.0 Å². The zero-order valence-corrected chi connectivity index (χ0v) is 16.6. The van der Waals surface area contributed by atoms with E-state index in [0.29, 0.717) is 17.1 Å². The van der Waals surface area contributed by atoms with E-state index in [1.54, 1.807) is 18.2 Å². The van der Waals surface area contributed by atoms with Crippen LogP contribution in [-0.4, -0.2) is 49.6 Å². The summed E-state index contributed by atoms with van der Waals surface area (Å²) in [4.78, 5) is 38.1. The smallest absolute Gasteiger partial charge is 0.325 e. The fraction of sp³-hybridized carbons (Fsp3) is 0.286. The van der Waals surface area contributed by atoms with Gasteiger partial charge >= 0.3 is 6.03 Å². The second-order valence-electron chi connectivity index (χ2n) is 6.80. The van der Waals surface area contributed by atoms with E-state index in [1.807, 2.05) is 6.07 Å². The second-order valence-corrected chi connectivity index (χ2v) is 6.80. The molecule has 0 aliphatic carbocycles. The number of rotatable bonds is 8. The van der Waals surface area contributed by atoms with Crippen molar-refractivity contribution in [2.24, 2.45) is 0 Å². The third-order valence-corrected chi connectivity index (χ3v) is 4.75. The van der Waals surface area contributed by atoms with Gasteiger partial charge in [0.25, 0.3) is 5.91 Å². The van der Waals surface area contributed by atoms with E-state index in [0.717, 1.165) is 4.90 Å². The van der Waals surface area contributed by atoms with E-state index >= 15 is 0 Å². The van der Waals surface area contributed by atoms with Crippen molar-refractivity contribution in [1.82, 2.24) is 15.5 Å². The lowest BCUT2D eigenvalue weighted by Crippen LogP contribution is -2.43.